The topological polar surface area (TPSA) is 113 Å². The largest absolute Gasteiger partial charge is 0.497 e. The maximum absolute atomic E-state index is 13.7. The lowest BCUT2D eigenvalue weighted by Crippen LogP contribution is -2.60. The fraction of sp³-hybridized carbons (Fsp3) is 0.667. The molecule has 1 aromatic heterocycles. The molecule has 0 radical (unpaired) electrons. The van der Waals surface area contributed by atoms with Crippen LogP contribution in [0.3, 0.4) is 0 Å². The quantitative estimate of drug-likeness (QED) is 0.222. The summed E-state index contributed by atoms with van der Waals surface area (Å²) < 4.78 is 11.0. The zero-order chi connectivity index (χ0) is 30.0. The van der Waals surface area contributed by atoms with E-state index in [-0.39, 0.29) is 29.6 Å². The Kier molecular flexibility index (Phi) is 11.8. The lowest BCUT2D eigenvalue weighted by Gasteiger charge is -2.46. The molecular formula is C33H50N4O5. The number of benzene rings is 1. The second kappa shape index (κ2) is 15.5. The molecule has 1 saturated heterocycles. The summed E-state index contributed by atoms with van der Waals surface area (Å²) in [7, 11) is 1.63. The molecule has 0 bridgehead atoms. The summed E-state index contributed by atoms with van der Waals surface area (Å²) in [5.41, 5.74) is 2.73. The van der Waals surface area contributed by atoms with Crippen LogP contribution in [0.1, 0.15) is 88.8 Å². The van der Waals surface area contributed by atoms with Crippen molar-refractivity contribution in [3.63, 3.8) is 0 Å². The van der Waals surface area contributed by atoms with E-state index in [1.807, 2.05) is 25.1 Å². The number of methoxy groups -OCH3 is 1. The number of rotatable bonds is 14. The van der Waals surface area contributed by atoms with Crippen molar-refractivity contribution < 1.29 is 23.9 Å². The maximum Gasteiger partial charge on any atom is 0.242 e. The standard InChI is InChI=1S/C33H50N4O5/c1-24(38)11-7-6-8-12-30(36-31(39)22-27-25(2)35-29-14-13-26(41-3)21-28(27)29)32(40)34-23-33(15-9-4-5-10-16-33)37-17-19-42-20-18-37/h13-14,21,30,35H,4-12,15-20,22-23H2,1-3H3,(H,34,40)(H,36,39)/t30-/m0/s1. The molecular weight excluding hydrogens is 532 g/mol. The minimum absolute atomic E-state index is 0.0633. The Labute approximate surface area is 250 Å². The van der Waals surface area contributed by atoms with Crippen molar-refractivity contribution in [1.29, 1.82) is 0 Å². The van der Waals surface area contributed by atoms with Crippen LogP contribution < -0.4 is 15.4 Å². The molecule has 2 aromatic rings. The molecule has 0 spiro atoms. The average Bonchev–Trinajstić information content (AvgIpc) is 3.13. The van der Waals surface area contributed by atoms with E-state index in [2.05, 4.69) is 20.5 Å². The highest BCUT2D eigenvalue weighted by Gasteiger charge is 2.38. The van der Waals surface area contributed by atoms with E-state index in [0.29, 0.717) is 19.4 Å². The molecule has 9 nitrogen and oxygen atoms in total. The molecule has 2 amide bonds. The van der Waals surface area contributed by atoms with E-state index in [0.717, 1.165) is 99.2 Å². The second-order valence-electron chi connectivity index (χ2n) is 12.2. The SMILES string of the molecule is COc1ccc2[nH]c(C)c(CC(=O)N[C@@H](CCCCCC(C)=O)C(=O)NCC3(N4CCOCC4)CCCCCC3)c2c1. The summed E-state index contributed by atoms with van der Waals surface area (Å²) in [6, 6.07) is 5.17. The van der Waals surface area contributed by atoms with Gasteiger partial charge in [-0.25, -0.2) is 0 Å². The number of hydrogen-bond donors (Lipinski definition) is 3. The van der Waals surface area contributed by atoms with Gasteiger partial charge >= 0.3 is 0 Å². The molecule has 1 aliphatic carbocycles. The molecule has 4 rings (SSSR count). The molecule has 0 unspecified atom stereocenters. The van der Waals surface area contributed by atoms with Crippen LogP contribution in [0.5, 0.6) is 5.75 Å². The van der Waals surface area contributed by atoms with Crippen molar-refractivity contribution in [2.24, 2.45) is 0 Å². The lowest BCUT2D eigenvalue weighted by atomic mass is 9.87. The van der Waals surface area contributed by atoms with Gasteiger partial charge in [-0.1, -0.05) is 38.5 Å². The number of H-pyrrole nitrogens is 1. The maximum atomic E-state index is 13.7. The molecule has 2 fully saturated rings. The number of carbonyl (C=O) groups excluding carboxylic acids is 3. The second-order valence-corrected chi connectivity index (χ2v) is 12.2. The van der Waals surface area contributed by atoms with Gasteiger partial charge in [-0.3, -0.25) is 14.5 Å². The van der Waals surface area contributed by atoms with Gasteiger partial charge in [-0.2, -0.15) is 0 Å². The average molecular weight is 583 g/mol. The fourth-order valence-electron chi connectivity index (χ4n) is 6.69. The molecule has 1 atom stereocenters. The number of Topliss-reactive ketones (excluding diaryl/α,β-unsaturated/α-hetero) is 1. The third-order valence-electron chi connectivity index (χ3n) is 9.15. The summed E-state index contributed by atoms with van der Waals surface area (Å²) in [6.45, 7) is 7.40. The van der Waals surface area contributed by atoms with Crippen molar-refractivity contribution in [3.8, 4) is 5.75 Å². The van der Waals surface area contributed by atoms with E-state index in [9.17, 15) is 14.4 Å². The molecule has 2 heterocycles. The molecule has 3 N–H and O–H groups in total. The number of nitrogens with zero attached hydrogens (tertiary/aromatic N) is 1. The van der Waals surface area contributed by atoms with Gasteiger partial charge in [-0.05, 0) is 63.3 Å². The molecule has 232 valence electrons. The third kappa shape index (κ3) is 8.57. The van der Waals surface area contributed by atoms with Crippen LogP contribution in [0.15, 0.2) is 18.2 Å². The van der Waals surface area contributed by atoms with Crippen LogP contribution in [0.4, 0.5) is 0 Å². The number of nitrogens with one attached hydrogen (secondary N) is 3. The Hall–Kier alpha value is -2.91. The fourth-order valence-corrected chi connectivity index (χ4v) is 6.69. The number of morpholine rings is 1. The minimum Gasteiger partial charge on any atom is -0.497 e. The number of ether oxygens (including phenoxy) is 2. The summed E-state index contributed by atoms with van der Waals surface area (Å²) in [4.78, 5) is 44.4. The number of ketones is 1. The number of fused-ring (bicyclic) bond motifs is 1. The van der Waals surface area contributed by atoms with Crippen LogP contribution in [0, 0.1) is 6.92 Å². The van der Waals surface area contributed by atoms with Crippen LogP contribution in [0.2, 0.25) is 0 Å². The highest BCUT2D eigenvalue weighted by Crippen LogP contribution is 2.33. The number of amides is 2. The van der Waals surface area contributed by atoms with E-state index >= 15 is 0 Å². The number of hydrogen-bond acceptors (Lipinski definition) is 6. The number of aryl methyl sites for hydroxylation is 1. The van der Waals surface area contributed by atoms with Gasteiger partial charge < -0.3 is 29.9 Å². The Bertz CT molecular complexity index is 1190. The third-order valence-corrected chi connectivity index (χ3v) is 9.15. The smallest absolute Gasteiger partial charge is 0.242 e. The summed E-state index contributed by atoms with van der Waals surface area (Å²) in [6.07, 6.45) is 10.6. The van der Waals surface area contributed by atoms with Gasteiger partial charge in [-0.15, -0.1) is 0 Å². The first-order valence-electron chi connectivity index (χ1n) is 15.9. The van der Waals surface area contributed by atoms with E-state index in [4.69, 9.17) is 9.47 Å². The van der Waals surface area contributed by atoms with E-state index in [1.54, 1.807) is 14.0 Å². The Morgan fingerprint density at radius 2 is 1.81 bits per heavy atom. The van der Waals surface area contributed by atoms with Gasteiger partial charge in [0.2, 0.25) is 11.8 Å². The first-order chi connectivity index (χ1) is 20.3. The highest BCUT2D eigenvalue weighted by atomic mass is 16.5. The Morgan fingerprint density at radius 3 is 2.50 bits per heavy atom. The van der Waals surface area contributed by atoms with Crippen molar-refractivity contribution in [1.82, 2.24) is 20.5 Å². The lowest BCUT2D eigenvalue weighted by molar-refractivity contribution is -0.129. The number of unbranched alkanes of at least 4 members (excludes halogenated alkanes) is 2. The Balaban J connectivity index is 1.45. The molecule has 1 aromatic carbocycles. The van der Waals surface area contributed by atoms with Crippen molar-refractivity contribution in [2.75, 3.05) is 40.0 Å². The van der Waals surface area contributed by atoms with Crippen molar-refractivity contribution >= 4 is 28.5 Å². The number of carbonyl (C=O) groups is 3. The summed E-state index contributed by atoms with van der Waals surface area (Å²) >= 11 is 0. The molecule has 42 heavy (non-hydrogen) atoms. The number of aromatic nitrogens is 1. The number of aromatic amines is 1. The predicted octanol–water partition coefficient (Wildman–Crippen LogP) is 4.59. The van der Waals surface area contributed by atoms with Crippen molar-refractivity contribution in [2.45, 2.75) is 102 Å². The van der Waals surface area contributed by atoms with Gasteiger partial charge in [0, 0.05) is 48.2 Å². The first kappa shape index (κ1) is 32.0. The van der Waals surface area contributed by atoms with Gasteiger partial charge in [0.05, 0.1) is 26.7 Å². The molecule has 1 aliphatic heterocycles. The van der Waals surface area contributed by atoms with Gasteiger partial charge in [0.1, 0.15) is 17.6 Å². The van der Waals surface area contributed by atoms with Crippen LogP contribution >= 0.6 is 0 Å². The van der Waals surface area contributed by atoms with Crippen molar-refractivity contribution in [3.05, 3.63) is 29.5 Å². The van der Waals surface area contributed by atoms with Crippen LogP contribution in [0.25, 0.3) is 10.9 Å². The minimum atomic E-state index is -0.623. The molecule has 2 aliphatic rings. The Morgan fingerprint density at radius 1 is 1.07 bits per heavy atom. The summed E-state index contributed by atoms with van der Waals surface area (Å²) in [5.74, 6) is 0.617. The van der Waals surface area contributed by atoms with E-state index < -0.39 is 6.04 Å². The molecule has 9 heteroatoms. The highest BCUT2D eigenvalue weighted by molar-refractivity contribution is 5.93. The normalized spacial score (nSPS) is 18.3. The van der Waals surface area contributed by atoms with E-state index in [1.165, 1.54) is 12.8 Å². The zero-order valence-corrected chi connectivity index (χ0v) is 25.8. The summed E-state index contributed by atoms with van der Waals surface area (Å²) in [5, 5.41) is 7.31. The predicted molar refractivity (Wildman–Crippen MR) is 165 cm³/mol. The van der Waals surface area contributed by atoms with Gasteiger partial charge in [0.15, 0.2) is 0 Å². The first-order valence-corrected chi connectivity index (χ1v) is 15.9. The van der Waals surface area contributed by atoms with Gasteiger partial charge in [0.25, 0.3) is 0 Å². The molecule has 1 saturated carbocycles. The zero-order valence-electron chi connectivity index (χ0n) is 25.8. The monoisotopic (exact) mass is 582 g/mol. The van der Waals surface area contributed by atoms with Crippen LogP contribution in [-0.2, 0) is 25.5 Å². The van der Waals surface area contributed by atoms with Crippen LogP contribution in [-0.4, -0.2) is 79.0 Å².